The van der Waals surface area contributed by atoms with Gasteiger partial charge in [0.25, 0.3) is 0 Å². The van der Waals surface area contributed by atoms with Gasteiger partial charge in [-0.2, -0.15) is 0 Å². The van der Waals surface area contributed by atoms with Crippen molar-refractivity contribution in [3.8, 4) is 0 Å². The van der Waals surface area contributed by atoms with E-state index in [-0.39, 0.29) is 12.1 Å². The van der Waals surface area contributed by atoms with Crippen molar-refractivity contribution in [1.29, 1.82) is 0 Å². The third-order valence-corrected chi connectivity index (χ3v) is 5.05. The van der Waals surface area contributed by atoms with Crippen LogP contribution < -0.4 is 10.6 Å². The fourth-order valence-corrected chi connectivity index (χ4v) is 3.21. The molecule has 0 aromatic heterocycles. The van der Waals surface area contributed by atoms with E-state index in [4.69, 9.17) is 4.74 Å². The van der Waals surface area contributed by atoms with E-state index >= 15 is 0 Å². The van der Waals surface area contributed by atoms with Crippen LogP contribution in [0.4, 0.5) is 10.5 Å². The van der Waals surface area contributed by atoms with Crippen LogP contribution in [-0.2, 0) is 4.74 Å². The molecule has 1 aromatic carbocycles. The van der Waals surface area contributed by atoms with E-state index in [1.165, 1.54) is 5.56 Å². The summed E-state index contributed by atoms with van der Waals surface area (Å²) in [6, 6.07) is 6.92. The summed E-state index contributed by atoms with van der Waals surface area (Å²) < 4.78 is 6.45. The van der Waals surface area contributed by atoms with E-state index in [2.05, 4.69) is 51.7 Å². The van der Waals surface area contributed by atoms with E-state index in [1.54, 1.807) is 0 Å². The standard InChI is InChI=1S/C18H27BrN2O2/c1-12-6-5-7-15(16(12)19)20-13-8-10-14(11-9-13)21-17(22)23-18(2,3)4/h5-7,13-14,20H,8-11H2,1-4H3,(H,21,22). The lowest BCUT2D eigenvalue weighted by atomic mass is 9.91. The summed E-state index contributed by atoms with van der Waals surface area (Å²) in [5.41, 5.74) is 1.93. The Morgan fingerprint density at radius 1 is 1.17 bits per heavy atom. The molecule has 0 radical (unpaired) electrons. The maximum atomic E-state index is 11.8. The first kappa shape index (κ1) is 18.1. The summed E-state index contributed by atoms with van der Waals surface area (Å²) in [4.78, 5) is 11.8. The molecule has 0 bridgehead atoms. The van der Waals surface area contributed by atoms with Crippen molar-refractivity contribution in [2.45, 2.75) is 71.1 Å². The Bertz CT molecular complexity index is 546. The number of benzene rings is 1. The minimum Gasteiger partial charge on any atom is -0.444 e. The zero-order valence-corrected chi connectivity index (χ0v) is 16.0. The maximum Gasteiger partial charge on any atom is 0.407 e. The normalized spacial score (nSPS) is 21.6. The Labute approximate surface area is 147 Å². The molecule has 1 aromatic rings. The Kier molecular flexibility index (Phi) is 5.95. The molecule has 128 valence electrons. The molecule has 0 heterocycles. The highest BCUT2D eigenvalue weighted by Crippen LogP contribution is 2.29. The average molecular weight is 383 g/mol. The number of halogens is 1. The third-order valence-electron chi connectivity index (χ3n) is 4.00. The molecular formula is C18H27BrN2O2. The van der Waals surface area contributed by atoms with Gasteiger partial charge >= 0.3 is 6.09 Å². The van der Waals surface area contributed by atoms with Crippen molar-refractivity contribution < 1.29 is 9.53 Å². The van der Waals surface area contributed by atoms with Crippen LogP contribution in [-0.4, -0.2) is 23.8 Å². The van der Waals surface area contributed by atoms with Gasteiger partial charge in [0.1, 0.15) is 5.60 Å². The van der Waals surface area contributed by atoms with Crippen LogP contribution in [0.2, 0.25) is 0 Å². The number of ether oxygens (including phenoxy) is 1. The van der Waals surface area contributed by atoms with Crippen LogP contribution in [0.15, 0.2) is 22.7 Å². The Hall–Kier alpha value is -1.23. The number of anilines is 1. The van der Waals surface area contributed by atoms with Crippen LogP contribution in [0.5, 0.6) is 0 Å². The van der Waals surface area contributed by atoms with E-state index in [0.717, 1.165) is 35.8 Å². The molecule has 0 aliphatic heterocycles. The van der Waals surface area contributed by atoms with E-state index < -0.39 is 5.60 Å². The summed E-state index contributed by atoms with van der Waals surface area (Å²) in [7, 11) is 0. The van der Waals surface area contributed by atoms with Gasteiger partial charge in [-0.15, -0.1) is 0 Å². The minimum absolute atomic E-state index is 0.212. The van der Waals surface area contributed by atoms with Crippen molar-refractivity contribution in [3.05, 3.63) is 28.2 Å². The van der Waals surface area contributed by atoms with Crippen LogP contribution in [0.1, 0.15) is 52.0 Å². The molecule has 2 rings (SSSR count). The lowest BCUT2D eigenvalue weighted by Gasteiger charge is -2.31. The Balaban J connectivity index is 1.80. The highest BCUT2D eigenvalue weighted by molar-refractivity contribution is 9.10. The van der Waals surface area contributed by atoms with Crippen molar-refractivity contribution in [1.82, 2.24) is 5.32 Å². The van der Waals surface area contributed by atoms with Crippen LogP contribution >= 0.6 is 15.9 Å². The van der Waals surface area contributed by atoms with Gasteiger partial charge in [-0.05, 0) is 80.9 Å². The molecule has 4 nitrogen and oxygen atoms in total. The molecule has 1 saturated carbocycles. The summed E-state index contributed by atoms with van der Waals surface area (Å²) in [6.45, 7) is 7.74. The maximum absolute atomic E-state index is 11.8. The molecule has 2 N–H and O–H groups in total. The van der Waals surface area contributed by atoms with Crippen molar-refractivity contribution in [3.63, 3.8) is 0 Å². The molecule has 1 aliphatic carbocycles. The number of amides is 1. The highest BCUT2D eigenvalue weighted by atomic mass is 79.9. The van der Waals surface area contributed by atoms with Crippen molar-refractivity contribution >= 4 is 27.7 Å². The average Bonchev–Trinajstić information content (AvgIpc) is 2.44. The van der Waals surface area contributed by atoms with Gasteiger partial charge in [0.05, 0.1) is 0 Å². The first-order valence-corrected chi connectivity index (χ1v) is 9.05. The van der Waals surface area contributed by atoms with Gasteiger partial charge in [0.2, 0.25) is 0 Å². The molecule has 1 aliphatic rings. The number of hydrogen-bond acceptors (Lipinski definition) is 3. The fraction of sp³-hybridized carbons (Fsp3) is 0.611. The Morgan fingerprint density at radius 3 is 2.39 bits per heavy atom. The first-order valence-electron chi connectivity index (χ1n) is 8.26. The largest absolute Gasteiger partial charge is 0.444 e. The lowest BCUT2D eigenvalue weighted by molar-refractivity contribution is 0.0492. The second-order valence-corrected chi connectivity index (χ2v) is 8.07. The fourth-order valence-electron chi connectivity index (χ4n) is 2.84. The van der Waals surface area contributed by atoms with E-state index in [1.807, 2.05) is 20.8 Å². The molecule has 23 heavy (non-hydrogen) atoms. The van der Waals surface area contributed by atoms with E-state index in [9.17, 15) is 4.79 Å². The summed E-state index contributed by atoms with van der Waals surface area (Å²) in [5.74, 6) is 0. The molecule has 0 spiro atoms. The van der Waals surface area contributed by atoms with Crippen LogP contribution in [0.25, 0.3) is 0 Å². The molecule has 5 heteroatoms. The molecule has 0 unspecified atom stereocenters. The molecule has 0 atom stereocenters. The van der Waals surface area contributed by atoms with Gasteiger partial charge in [-0.3, -0.25) is 0 Å². The number of carbonyl (C=O) groups is 1. The van der Waals surface area contributed by atoms with Gasteiger partial charge in [-0.1, -0.05) is 12.1 Å². The SMILES string of the molecule is Cc1cccc(NC2CCC(NC(=O)OC(C)(C)C)CC2)c1Br. The summed E-state index contributed by atoms with van der Waals surface area (Å²) >= 11 is 3.64. The van der Waals surface area contributed by atoms with Gasteiger partial charge < -0.3 is 15.4 Å². The second-order valence-electron chi connectivity index (χ2n) is 7.28. The number of carbonyl (C=O) groups excluding carboxylic acids is 1. The smallest absolute Gasteiger partial charge is 0.407 e. The Morgan fingerprint density at radius 2 is 1.78 bits per heavy atom. The quantitative estimate of drug-likeness (QED) is 0.772. The van der Waals surface area contributed by atoms with E-state index in [0.29, 0.717) is 6.04 Å². The van der Waals surface area contributed by atoms with Crippen molar-refractivity contribution in [2.75, 3.05) is 5.32 Å². The zero-order valence-electron chi connectivity index (χ0n) is 14.4. The van der Waals surface area contributed by atoms with Crippen molar-refractivity contribution in [2.24, 2.45) is 0 Å². The monoisotopic (exact) mass is 382 g/mol. The number of nitrogens with one attached hydrogen (secondary N) is 2. The molecular weight excluding hydrogens is 356 g/mol. The second kappa shape index (κ2) is 7.56. The topological polar surface area (TPSA) is 50.4 Å². The van der Waals surface area contributed by atoms with Crippen LogP contribution in [0, 0.1) is 6.92 Å². The lowest BCUT2D eigenvalue weighted by Crippen LogP contribution is -2.42. The van der Waals surface area contributed by atoms with Crippen LogP contribution in [0.3, 0.4) is 0 Å². The first-order chi connectivity index (χ1) is 10.7. The third kappa shape index (κ3) is 5.72. The summed E-state index contributed by atoms with van der Waals surface area (Å²) in [6.07, 6.45) is 3.72. The minimum atomic E-state index is -0.444. The highest BCUT2D eigenvalue weighted by Gasteiger charge is 2.25. The number of rotatable bonds is 3. The number of aryl methyl sites for hydroxylation is 1. The number of alkyl carbamates (subject to hydrolysis) is 1. The van der Waals surface area contributed by atoms with Gasteiger partial charge in [0.15, 0.2) is 0 Å². The number of hydrogen-bond donors (Lipinski definition) is 2. The molecule has 0 saturated heterocycles. The predicted octanol–water partition coefficient (Wildman–Crippen LogP) is 5.01. The predicted molar refractivity (Wildman–Crippen MR) is 97.9 cm³/mol. The van der Waals surface area contributed by atoms with Gasteiger partial charge in [0, 0.05) is 22.2 Å². The summed E-state index contributed by atoms with van der Waals surface area (Å²) in [5, 5.41) is 6.59. The van der Waals surface area contributed by atoms with Gasteiger partial charge in [-0.25, -0.2) is 4.79 Å². The molecule has 1 amide bonds. The zero-order chi connectivity index (χ0) is 17.0. The molecule has 1 fully saturated rings.